The van der Waals surface area contributed by atoms with Crippen molar-refractivity contribution in [2.45, 2.75) is 26.8 Å². The van der Waals surface area contributed by atoms with Crippen LogP contribution in [-0.4, -0.2) is 10.9 Å². The van der Waals surface area contributed by atoms with Crippen molar-refractivity contribution in [1.29, 1.82) is 0 Å². The van der Waals surface area contributed by atoms with Crippen LogP contribution in [0, 0.1) is 13.8 Å². The Morgan fingerprint density at radius 3 is 2.29 bits per heavy atom. The van der Waals surface area contributed by atoms with Crippen LogP contribution in [-0.2, 0) is 17.8 Å². The maximum atomic E-state index is 12.1. The average Bonchev–Trinajstić information content (AvgIpc) is 2.92. The highest BCUT2D eigenvalue weighted by molar-refractivity contribution is 7.11. The molecule has 3 nitrogen and oxygen atoms in total. The monoisotopic (exact) mass is 336 g/mol. The summed E-state index contributed by atoms with van der Waals surface area (Å²) in [6.07, 6.45) is 0.395. The fourth-order valence-electron chi connectivity index (χ4n) is 2.61. The lowest BCUT2D eigenvalue weighted by Crippen LogP contribution is -2.24. The fraction of sp³-hybridized carbons (Fsp3) is 0.200. The van der Waals surface area contributed by atoms with Crippen molar-refractivity contribution in [3.05, 3.63) is 75.7 Å². The van der Waals surface area contributed by atoms with E-state index in [4.69, 9.17) is 0 Å². The van der Waals surface area contributed by atoms with Crippen molar-refractivity contribution < 1.29 is 4.79 Å². The minimum absolute atomic E-state index is 0.0351. The Bertz CT molecular complexity index is 823. The van der Waals surface area contributed by atoms with Gasteiger partial charge < -0.3 is 5.32 Å². The molecule has 0 aliphatic rings. The number of aromatic nitrogens is 1. The van der Waals surface area contributed by atoms with E-state index in [1.54, 1.807) is 11.3 Å². The van der Waals surface area contributed by atoms with Gasteiger partial charge in [-0.05, 0) is 30.5 Å². The molecule has 0 spiro atoms. The van der Waals surface area contributed by atoms with Gasteiger partial charge in [0.1, 0.15) is 0 Å². The molecule has 1 amide bonds. The first-order valence-corrected chi connectivity index (χ1v) is 8.77. The Morgan fingerprint density at radius 2 is 1.67 bits per heavy atom. The van der Waals surface area contributed by atoms with Crippen molar-refractivity contribution in [2.24, 2.45) is 0 Å². The highest BCUT2D eigenvalue weighted by Gasteiger charge is 2.08. The molecule has 0 saturated carbocycles. The molecule has 24 heavy (non-hydrogen) atoms. The molecule has 0 atom stereocenters. The van der Waals surface area contributed by atoms with E-state index < -0.39 is 0 Å². The maximum Gasteiger partial charge on any atom is 0.224 e. The molecule has 0 radical (unpaired) electrons. The van der Waals surface area contributed by atoms with Gasteiger partial charge in [0, 0.05) is 4.88 Å². The summed E-state index contributed by atoms with van der Waals surface area (Å²) in [5, 5.41) is 4.01. The summed E-state index contributed by atoms with van der Waals surface area (Å²) in [5.41, 5.74) is 4.37. The zero-order valence-corrected chi connectivity index (χ0v) is 14.7. The van der Waals surface area contributed by atoms with Gasteiger partial charge in [0.05, 0.1) is 23.7 Å². The van der Waals surface area contributed by atoms with E-state index in [0.717, 1.165) is 26.7 Å². The number of hydrogen-bond acceptors (Lipinski definition) is 3. The number of benzene rings is 2. The quantitative estimate of drug-likeness (QED) is 0.755. The van der Waals surface area contributed by atoms with E-state index in [1.807, 2.05) is 44.2 Å². The molecule has 0 bridgehead atoms. The van der Waals surface area contributed by atoms with Crippen molar-refractivity contribution in [1.82, 2.24) is 10.3 Å². The first-order valence-electron chi connectivity index (χ1n) is 7.96. The number of carbonyl (C=O) groups excluding carboxylic acids is 1. The second kappa shape index (κ2) is 7.41. The van der Waals surface area contributed by atoms with E-state index in [-0.39, 0.29) is 5.91 Å². The van der Waals surface area contributed by atoms with Gasteiger partial charge in [0.2, 0.25) is 5.91 Å². The summed E-state index contributed by atoms with van der Waals surface area (Å²) in [7, 11) is 0. The van der Waals surface area contributed by atoms with Crippen LogP contribution < -0.4 is 5.32 Å². The van der Waals surface area contributed by atoms with E-state index in [9.17, 15) is 4.79 Å². The minimum Gasteiger partial charge on any atom is -0.351 e. The number of nitrogens with one attached hydrogen (secondary N) is 1. The van der Waals surface area contributed by atoms with Crippen molar-refractivity contribution in [2.75, 3.05) is 0 Å². The van der Waals surface area contributed by atoms with Gasteiger partial charge in [-0.15, -0.1) is 11.3 Å². The van der Waals surface area contributed by atoms with Crippen LogP contribution in [0.25, 0.3) is 11.1 Å². The molecule has 1 heterocycles. The van der Waals surface area contributed by atoms with E-state index in [0.29, 0.717) is 13.0 Å². The van der Waals surface area contributed by atoms with Gasteiger partial charge >= 0.3 is 0 Å². The molecule has 1 aromatic heterocycles. The van der Waals surface area contributed by atoms with E-state index >= 15 is 0 Å². The third-order valence-corrected chi connectivity index (χ3v) is 4.94. The first-order chi connectivity index (χ1) is 11.6. The molecule has 4 heteroatoms. The molecule has 0 saturated heterocycles. The zero-order chi connectivity index (χ0) is 16.9. The first kappa shape index (κ1) is 16.4. The maximum absolute atomic E-state index is 12.1. The molecule has 122 valence electrons. The van der Waals surface area contributed by atoms with E-state index in [1.165, 1.54) is 5.56 Å². The predicted molar refractivity (Wildman–Crippen MR) is 99.0 cm³/mol. The average molecular weight is 336 g/mol. The third kappa shape index (κ3) is 4.09. The molecule has 0 unspecified atom stereocenters. The van der Waals surface area contributed by atoms with Crippen LogP contribution in [0.5, 0.6) is 0 Å². The highest BCUT2D eigenvalue weighted by atomic mass is 32.1. The van der Waals surface area contributed by atoms with Crippen LogP contribution in [0.1, 0.15) is 21.1 Å². The molecular weight excluding hydrogens is 316 g/mol. The number of nitrogens with zero attached hydrogens (tertiary/aromatic N) is 1. The van der Waals surface area contributed by atoms with Gasteiger partial charge in [-0.3, -0.25) is 4.79 Å². The Morgan fingerprint density at radius 1 is 1.00 bits per heavy atom. The summed E-state index contributed by atoms with van der Waals surface area (Å²) in [6, 6.07) is 18.4. The van der Waals surface area contributed by atoms with Crippen LogP contribution in [0.4, 0.5) is 0 Å². The summed E-state index contributed by atoms with van der Waals surface area (Å²) >= 11 is 1.64. The largest absolute Gasteiger partial charge is 0.351 e. The lowest BCUT2D eigenvalue weighted by Gasteiger charge is -2.06. The number of hydrogen-bond donors (Lipinski definition) is 1. The Labute approximate surface area is 146 Å². The summed E-state index contributed by atoms with van der Waals surface area (Å²) in [5.74, 6) is 0.0351. The highest BCUT2D eigenvalue weighted by Crippen LogP contribution is 2.19. The molecule has 3 rings (SSSR count). The lowest BCUT2D eigenvalue weighted by atomic mass is 10.0. The standard InChI is InChI=1S/C20H20N2OS/c1-14-19(24-15(2)22-14)13-21-20(23)12-16-8-10-18(11-9-16)17-6-4-3-5-7-17/h3-11H,12-13H2,1-2H3,(H,21,23). The fourth-order valence-corrected chi connectivity index (χ4v) is 3.49. The smallest absolute Gasteiger partial charge is 0.224 e. The van der Waals surface area contributed by atoms with Gasteiger partial charge in [0.15, 0.2) is 0 Å². The second-order valence-corrected chi connectivity index (χ2v) is 7.05. The summed E-state index contributed by atoms with van der Waals surface area (Å²) < 4.78 is 0. The summed E-state index contributed by atoms with van der Waals surface area (Å²) in [4.78, 5) is 17.6. The number of rotatable bonds is 5. The minimum atomic E-state index is 0.0351. The Kier molecular flexibility index (Phi) is 5.06. The van der Waals surface area contributed by atoms with Crippen LogP contribution in [0.15, 0.2) is 54.6 Å². The molecule has 3 aromatic rings. The third-order valence-electron chi connectivity index (χ3n) is 3.87. The number of aryl methyl sites for hydroxylation is 2. The Balaban J connectivity index is 1.57. The Hall–Kier alpha value is -2.46. The summed E-state index contributed by atoms with van der Waals surface area (Å²) in [6.45, 7) is 4.52. The van der Waals surface area contributed by atoms with E-state index in [2.05, 4.69) is 34.6 Å². The van der Waals surface area contributed by atoms with Gasteiger partial charge in [0.25, 0.3) is 0 Å². The topological polar surface area (TPSA) is 42.0 Å². The molecule has 0 aliphatic carbocycles. The van der Waals surface area contributed by atoms with Crippen LogP contribution >= 0.6 is 11.3 Å². The number of amides is 1. The van der Waals surface area contributed by atoms with Crippen molar-refractivity contribution >= 4 is 17.2 Å². The molecule has 2 aromatic carbocycles. The van der Waals surface area contributed by atoms with Gasteiger partial charge in [-0.25, -0.2) is 4.98 Å². The number of thiazole rings is 1. The van der Waals surface area contributed by atoms with Crippen LogP contribution in [0.2, 0.25) is 0 Å². The van der Waals surface area contributed by atoms with Crippen molar-refractivity contribution in [3.63, 3.8) is 0 Å². The normalized spacial score (nSPS) is 10.6. The molecule has 0 aliphatic heterocycles. The molecular formula is C20H20N2OS. The van der Waals surface area contributed by atoms with Crippen LogP contribution in [0.3, 0.4) is 0 Å². The molecule has 1 N–H and O–H groups in total. The number of carbonyl (C=O) groups is 1. The van der Waals surface area contributed by atoms with Crippen molar-refractivity contribution in [3.8, 4) is 11.1 Å². The predicted octanol–water partition coefficient (Wildman–Crippen LogP) is 4.29. The lowest BCUT2D eigenvalue weighted by molar-refractivity contribution is -0.120. The second-order valence-electron chi connectivity index (χ2n) is 5.76. The SMILES string of the molecule is Cc1nc(C)c(CNC(=O)Cc2ccc(-c3ccccc3)cc2)s1. The van der Waals surface area contributed by atoms with Gasteiger partial charge in [-0.1, -0.05) is 54.6 Å². The van der Waals surface area contributed by atoms with Gasteiger partial charge in [-0.2, -0.15) is 0 Å². The molecule has 0 fully saturated rings. The zero-order valence-electron chi connectivity index (χ0n) is 13.9.